The zero-order chi connectivity index (χ0) is 21.3. The molecule has 1 N–H and O–H groups in total. The van der Waals surface area contributed by atoms with Crippen LogP contribution < -0.4 is 9.47 Å². The minimum Gasteiger partial charge on any atom is -0.497 e. The highest BCUT2D eigenvalue weighted by atomic mass is 16.5. The van der Waals surface area contributed by atoms with Gasteiger partial charge in [-0.05, 0) is 54.8 Å². The van der Waals surface area contributed by atoms with E-state index in [0.29, 0.717) is 19.1 Å². The normalized spacial score (nSPS) is 17.0. The Hall–Kier alpha value is -2.08. The Morgan fingerprint density at radius 3 is 2.37 bits per heavy atom. The summed E-state index contributed by atoms with van der Waals surface area (Å²) in [6.45, 7) is 10.3. The van der Waals surface area contributed by atoms with Gasteiger partial charge in [0.2, 0.25) is 0 Å². The molecule has 0 aromatic heterocycles. The summed E-state index contributed by atoms with van der Waals surface area (Å²) < 4.78 is 11.2. The zero-order valence-electron chi connectivity index (χ0n) is 18.6. The molecule has 5 nitrogen and oxygen atoms in total. The van der Waals surface area contributed by atoms with Crippen LogP contribution in [0.1, 0.15) is 37.3 Å². The summed E-state index contributed by atoms with van der Waals surface area (Å²) >= 11 is 0. The van der Waals surface area contributed by atoms with E-state index in [1.807, 2.05) is 30.3 Å². The Morgan fingerprint density at radius 2 is 1.63 bits per heavy atom. The average Bonchev–Trinajstić information content (AvgIpc) is 2.98. The van der Waals surface area contributed by atoms with E-state index in [-0.39, 0.29) is 0 Å². The second-order valence-corrected chi connectivity index (χ2v) is 8.44. The van der Waals surface area contributed by atoms with E-state index in [1.165, 1.54) is 11.1 Å². The maximum absolute atomic E-state index is 10.5. The van der Waals surface area contributed by atoms with Crippen LogP contribution in [0.25, 0.3) is 0 Å². The first kappa shape index (κ1) is 22.6. The lowest BCUT2D eigenvalue weighted by Crippen LogP contribution is -2.38. The first-order valence-electron chi connectivity index (χ1n) is 11.0. The zero-order valence-corrected chi connectivity index (χ0v) is 18.6. The van der Waals surface area contributed by atoms with Crippen molar-refractivity contribution in [2.24, 2.45) is 0 Å². The van der Waals surface area contributed by atoms with Crippen molar-refractivity contribution in [3.63, 3.8) is 0 Å². The van der Waals surface area contributed by atoms with E-state index in [0.717, 1.165) is 50.6 Å². The fourth-order valence-corrected chi connectivity index (χ4v) is 3.98. The average molecular weight is 413 g/mol. The molecule has 0 amide bonds. The van der Waals surface area contributed by atoms with Crippen LogP contribution in [0.3, 0.4) is 0 Å². The minimum absolute atomic E-state index is 0.329. The van der Waals surface area contributed by atoms with E-state index >= 15 is 0 Å². The van der Waals surface area contributed by atoms with Gasteiger partial charge in [0.05, 0.1) is 7.11 Å². The Bertz CT molecular complexity index is 763. The molecule has 1 aliphatic heterocycles. The molecule has 0 saturated carbocycles. The van der Waals surface area contributed by atoms with Crippen LogP contribution >= 0.6 is 0 Å². The van der Waals surface area contributed by atoms with Crippen LogP contribution in [-0.4, -0.2) is 67.5 Å². The third kappa shape index (κ3) is 6.73. The largest absolute Gasteiger partial charge is 0.497 e. The van der Waals surface area contributed by atoms with Gasteiger partial charge in [-0.1, -0.05) is 44.2 Å². The number of nitrogens with zero attached hydrogens (tertiary/aromatic N) is 2. The van der Waals surface area contributed by atoms with E-state index in [1.54, 1.807) is 7.11 Å². The number of hydrogen-bond acceptors (Lipinski definition) is 5. The Balaban J connectivity index is 1.44. The van der Waals surface area contributed by atoms with Gasteiger partial charge in [0, 0.05) is 26.2 Å². The van der Waals surface area contributed by atoms with E-state index < -0.39 is 6.10 Å². The van der Waals surface area contributed by atoms with Gasteiger partial charge in [0.25, 0.3) is 0 Å². The summed E-state index contributed by atoms with van der Waals surface area (Å²) in [4.78, 5) is 4.85. The van der Waals surface area contributed by atoms with Gasteiger partial charge in [0.1, 0.15) is 24.2 Å². The van der Waals surface area contributed by atoms with E-state index in [9.17, 15) is 5.11 Å². The van der Waals surface area contributed by atoms with Gasteiger partial charge in [-0.15, -0.1) is 0 Å². The molecule has 0 spiro atoms. The van der Waals surface area contributed by atoms with Crippen molar-refractivity contribution in [3.8, 4) is 11.5 Å². The van der Waals surface area contributed by atoms with Crippen LogP contribution in [0.2, 0.25) is 0 Å². The Labute approximate surface area is 181 Å². The molecule has 2 aromatic rings. The predicted molar refractivity (Wildman–Crippen MR) is 121 cm³/mol. The molecule has 1 atom stereocenters. The standard InChI is InChI=1S/C25H36N2O3/c1-20(2)24-7-4-5-8-25(24)30-19-22(28)18-27-14-6-13-26(15-16-27)17-21-9-11-23(29-3)12-10-21/h4-5,7-12,20,22,28H,6,13-19H2,1-3H3. The quantitative estimate of drug-likeness (QED) is 0.679. The lowest BCUT2D eigenvalue weighted by molar-refractivity contribution is 0.0688. The van der Waals surface area contributed by atoms with Crippen molar-refractivity contribution >= 4 is 0 Å². The highest BCUT2D eigenvalue weighted by molar-refractivity contribution is 5.35. The van der Waals surface area contributed by atoms with Crippen molar-refractivity contribution in [2.75, 3.05) is 46.4 Å². The number of rotatable bonds is 9. The Kier molecular flexibility index (Phi) is 8.55. The van der Waals surface area contributed by atoms with Gasteiger partial charge >= 0.3 is 0 Å². The maximum Gasteiger partial charge on any atom is 0.122 e. The van der Waals surface area contributed by atoms with Gasteiger partial charge in [0.15, 0.2) is 0 Å². The van der Waals surface area contributed by atoms with Crippen molar-refractivity contribution in [1.29, 1.82) is 0 Å². The molecule has 0 aliphatic carbocycles. The summed E-state index contributed by atoms with van der Waals surface area (Å²) in [5.74, 6) is 2.18. The highest BCUT2D eigenvalue weighted by Crippen LogP contribution is 2.26. The second kappa shape index (κ2) is 11.3. The van der Waals surface area contributed by atoms with E-state index in [4.69, 9.17) is 9.47 Å². The highest BCUT2D eigenvalue weighted by Gasteiger charge is 2.18. The number of aliphatic hydroxyl groups is 1. The summed E-state index contributed by atoms with van der Waals surface area (Å²) in [6, 6.07) is 16.4. The molecule has 3 rings (SSSR count). The topological polar surface area (TPSA) is 45.2 Å². The number of β-amino-alcohol motifs (C(OH)–C–C–N with tert-alkyl or cyclic N) is 1. The van der Waals surface area contributed by atoms with Crippen LogP contribution in [0, 0.1) is 0 Å². The lowest BCUT2D eigenvalue weighted by Gasteiger charge is -2.24. The monoisotopic (exact) mass is 412 g/mol. The summed E-state index contributed by atoms with van der Waals surface area (Å²) in [6.07, 6.45) is 0.623. The molecule has 164 valence electrons. The van der Waals surface area contributed by atoms with Crippen molar-refractivity contribution < 1.29 is 14.6 Å². The molecular weight excluding hydrogens is 376 g/mol. The number of para-hydroxylation sites is 1. The fourth-order valence-electron chi connectivity index (χ4n) is 3.98. The van der Waals surface area contributed by atoms with Crippen molar-refractivity contribution in [2.45, 2.75) is 38.8 Å². The third-order valence-electron chi connectivity index (χ3n) is 5.69. The fraction of sp³-hybridized carbons (Fsp3) is 0.520. The summed E-state index contributed by atoms with van der Waals surface area (Å²) in [5.41, 5.74) is 2.50. The molecule has 5 heteroatoms. The first-order chi connectivity index (χ1) is 14.5. The van der Waals surface area contributed by atoms with Crippen LogP contribution in [-0.2, 0) is 6.54 Å². The molecular formula is C25H36N2O3. The molecule has 0 radical (unpaired) electrons. The van der Waals surface area contributed by atoms with Crippen molar-refractivity contribution in [1.82, 2.24) is 9.80 Å². The minimum atomic E-state index is -0.488. The van der Waals surface area contributed by atoms with Crippen LogP contribution in [0.15, 0.2) is 48.5 Å². The lowest BCUT2D eigenvalue weighted by atomic mass is 10.0. The molecule has 2 aromatic carbocycles. The predicted octanol–water partition coefficient (Wildman–Crippen LogP) is 3.77. The summed E-state index contributed by atoms with van der Waals surface area (Å²) in [5, 5.41) is 10.5. The molecule has 1 heterocycles. The number of methoxy groups -OCH3 is 1. The number of aliphatic hydroxyl groups excluding tert-OH is 1. The molecule has 1 fully saturated rings. The van der Waals surface area contributed by atoms with E-state index in [2.05, 4.69) is 41.8 Å². The third-order valence-corrected chi connectivity index (χ3v) is 5.69. The van der Waals surface area contributed by atoms with Crippen molar-refractivity contribution in [3.05, 3.63) is 59.7 Å². The number of ether oxygens (including phenoxy) is 2. The number of hydrogen-bond donors (Lipinski definition) is 1. The molecule has 0 bridgehead atoms. The van der Waals surface area contributed by atoms with Gasteiger partial charge in [-0.25, -0.2) is 0 Å². The first-order valence-corrected chi connectivity index (χ1v) is 11.0. The molecule has 1 aliphatic rings. The SMILES string of the molecule is COc1ccc(CN2CCCN(CC(O)COc3ccccc3C(C)C)CC2)cc1. The van der Waals surface area contributed by atoms with Crippen LogP contribution in [0.5, 0.6) is 11.5 Å². The molecule has 30 heavy (non-hydrogen) atoms. The van der Waals surface area contributed by atoms with Gasteiger partial charge < -0.3 is 14.6 Å². The maximum atomic E-state index is 10.5. The van der Waals surface area contributed by atoms with Gasteiger partial charge in [-0.3, -0.25) is 9.80 Å². The van der Waals surface area contributed by atoms with Gasteiger partial charge in [-0.2, -0.15) is 0 Å². The second-order valence-electron chi connectivity index (χ2n) is 8.44. The Morgan fingerprint density at radius 1 is 0.933 bits per heavy atom. The number of benzene rings is 2. The molecule has 1 unspecified atom stereocenters. The smallest absolute Gasteiger partial charge is 0.122 e. The molecule has 1 saturated heterocycles. The van der Waals surface area contributed by atoms with Crippen LogP contribution in [0.4, 0.5) is 0 Å². The summed E-state index contributed by atoms with van der Waals surface area (Å²) in [7, 11) is 1.70.